The second-order valence-corrected chi connectivity index (χ2v) is 4.20. The average molecular weight is 245 g/mol. The Morgan fingerprint density at radius 1 is 1.22 bits per heavy atom. The standard InChI is InChI=1S/C12H15N5O/c1-10(18)16-6-8-17(9-7-16)12-4-2-11(3-5-12)14-15-13/h2-5H,6-9H2,1H3. The third-order valence-electron chi connectivity index (χ3n) is 3.10. The summed E-state index contributed by atoms with van der Waals surface area (Å²) in [5, 5.41) is 3.54. The molecule has 0 atom stereocenters. The van der Waals surface area contributed by atoms with E-state index >= 15 is 0 Å². The number of nitrogens with zero attached hydrogens (tertiary/aromatic N) is 5. The summed E-state index contributed by atoms with van der Waals surface area (Å²) >= 11 is 0. The molecule has 0 unspecified atom stereocenters. The van der Waals surface area contributed by atoms with Crippen molar-refractivity contribution < 1.29 is 4.79 Å². The van der Waals surface area contributed by atoms with Crippen molar-refractivity contribution in [2.45, 2.75) is 6.92 Å². The molecule has 1 saturated heterocycles. The third kappa shape index (κ3) is 2.73. The lowest BCUT2D eigenvalue weighted by atomic mass is 10.2. The molecule has 0 spiro atoms. The molecule has 0 saturated carbocycles. The molecule has 1 aliphatic heterocycles. The fourth-order valence-electron chi connectivity index (χ4n) is 2.06. The zero-order valence-electron chi connectivity index (χ0n) is 10.3. The number of hydrogen-bond donors (Lipinski definition) is 0. The molecule has 18 heavy (non-hydrogen) atoms. The van der Waals surface area contributed by atoms with Crippen LogP contribution in [0.25, 0.3) is 10.4 Å². The van der Waals surface area contributed by atoms with E-state index in [1.807, 2.05) is 17.0 Å². The summed E-state index contributed by atoms with van der Waals surface area (Å²) in [6, 6.07) is 7.47. The molecule has 1 aliphatic rings. The summed E-state index contributed by atoms with van der Waals surface area (Å²) in [5.74, 6) is 0.133. The normalized spacial score (nSPS) is 15.2. The Morgan fingerprint density at radius 2 is 1.83 bits per heavy atom. The smallest absolute Gasteiger partial charge is 0.219 e. The molecule has 0 aliphatic carbocycles. The molecular formula is C12H15N5O. The van der Waals surface area contributed by atoms with E-state index in [0.29, 0.717) is 5.69 Å². The maximum absolute atomic E-state index is 11.2. The number of rotatable bonds is 2. The molecule has 6 heteroatoms. The molecule has 2 rings (SSSR count). The number of hydrogen-bond acceptors (Lipinski definition) is 3. The van der Waals surface area contributed by atoms with Crippen LogP contribution in [0.3, 0.4) is 0 Å². The van der Waals surface area contributed by atoms with Crippen LogP contribution in [0.4, 0.5) is 11.4 Å². The number of carbonyl (C=O) groups is 1. The van der Waals surface area contributed by atoms with Gasteiger partial charge in [-0.25, -0.2) is 0 Å². The first-order chi connectivity index (χ1) is 8.70. The Morgan fingerprint density at radius 3 is 2.33 bits per heavy atom. The van der Waals surface area contributed by atoms with Gasteiger partial charge in [-0.1, -0.05) is 17.2 Å². The van der Waals surface area contributed by atoms with E-state index in [4.69, 9.17) is 5.53 Å². The van der Waals surface area contributed by atoms with Crippen molar-refractivity contribution in [2.24, 2.45) is 5.11 Å². The monoisotopic (exact) mass is 245 g/mol. The van der Waals surface area contributed by atoms with Gasteiger partial charge in [0, 0.05) is 49.4 Å². The van der Waals surface area contributed by atoms with Gasteiger partial charge in [0.25, 0.3) is 0 Å². The van der Waals surface area contributed by atoms with Crippen molar-refractivity contribution >= 4 is 17.3 Å². The van der Waals surface area contributed by atoms with Crippen molar-refractivity contribution in [3.8, 4) is 0 Å². The van der Waals surface area contributed by atoms with Crippen LogP contribution in [-0.2, 0) is 4.79 Å². The largest absolute Gasteiger partial charge is 0.368 e. The van der Waals surface area contributed by atoms with Gasteiger partial charge >= 0.3 is 0 Å². The summed E-state index contributed by atoms with van der Waals surface area (Å²) in [6.45, 7) is 4.78. The fourth-order valence-corrected chi connectivity index (χ4v) is 2.06. The highest BCUT2D eigenvalue weighted by Crippen LogP contribution is 2.21. The molecule has 1 aromatic carbocycles. The predicted octanol–water partition coefficient (Wildman–Crippen LogP) is 2.30. The minimum Gasteiger partial charge on any atom is -0.368 e. The van der Waals surface area contributed by atoms with Crippen molar-refractivity contribution in [1.29, 1.82) is 0 Å². The zero-order valence-corrected chi connectivity index (χ0v) is 10.3. The second kappa shape index (κ2) is 5.42. The topological polar surface area (TPSA) is 72.3 Å². The second-order valence-electron chi connectivity index (χ2n) is 4.20. The lowest BCUT2D eigenvalue weighted by molar-refractivity contribution is -0.129. The number of azide groups is 1. The Labute approximate surface area is 105 Å². The zero-order chi connectivity index (χ0) is 13.0. The van der Waals surface area contributed by atoms with Crippen LogP contribution >= 0.6 is 0 Å². The first-order valence-electron chi connectivity index (χ1n) is 5.86. The quantitative estimate of drug-likeness (QED) is 0.455. The number of amides is 1. The van der Waals surface area contributed by atoms with Gasteiger partial charge in [-0.15, -0.1) is 0 Å². The van der Waals surface area contributed by atoms with Gasteiger partial charge in [-0.3, -0.25) is 4.79 Å². The SMILES string of the molecule is CC(=O)N1CCN(c2ccc(N=[N+]=[N-])cc2)CC1. The highest BCUT2D eigenvalue weighted by Gasteiger charge is 2.18. The number of carbonyl (C=O) groups excluding carboxylic acids is 1. The lowest BCUT2D eigenvalue weighted by Gasteiger charge is -2.35. The summed E-state index contributed by atoms with van der Waals surface area (Å²) in [4.78, 5) is 18.0. The van der Waals surface area contributed by atoms with Gasteiger partial charge in [-0.2, -0.15) is 0 Å². The summed E-state index contributed by atoms with van der Waals surface area (Å²) in [7, 11) is 0. The van der Waals surface area contributed by atoms with Crippen molar-refractivity contribution in [2.75, 3.05) is 31.1 Å². The van der Waals surface area contributed by atoms with Crippen molar-refractivity contribution in [3.05, 3.63) is 34.7 Å². The first-order valence-corrected chi connectivity index (χ1v) is 5.86. The molecule has 1 fully saturated rings. The van der Waals surface area contributed by atoms with E-state index in [9.17, 15) is 4.79 Å². The number of anilines is 1. The molecule has 0 radical (unpaired) electrons. The van der Waals surface area contributed by atoms with Crippen LogP contribution in [0.15, 0.2) is 29.4 Å². The van der Waals surface area contributed by atoms with Gasteiger partial charge < -0.3 is 9.80 Å². The lowest BCUT2D eigenvalue weighted by Crippen LogP contribution is -2.48. The molecule has 94 valence electrons. The Balaban J connectivity index is 2.01. The van der Waals surface area contributed by atoms with E-state index in [1.54, 1.807) is 19.1 Å². The van der Waals surface area contributed by atoms with Crippen LogP contribution in [0, 0.1) is 0 Å². The Bertz CT molecular complexity index is 470. The minimum absolute atomic E-state index is 0.133. The fraction of sp³-hybridized carbons (Fsp3) is 0.417. The number of benzene rings is 1. The first kappa shape index (κ1) is 12.3. The van der Waals surface area contributed by atoms with Gasteiger partial charge in [-0.05, 0) is 17.7 Å². The molecule has 1 amide bonds. The van der Waals surface area contributed by atoms with Crippen LogP contribution in [0.1, 0.15) is 6.92 Å². The average Bonchev–Trinajstić information content (AvgIpc) is 2.40. The van der Waals surface area contributed by atoms with E-state index in [-0.39, 0.29) is 5.91 Å². The summed E-state index contributed by atoms with van der Waals surface area (Å²) in [5.41, 5.74) is 10.0. The van der Waals surface area contributed by atoms with Gasteiger partial charge in [0.15, 0.2) is 0 Å². The molecule has 0 aromatic heterocycles. The van der Waals surface area contributed by atoms with Crippen LogP contribution in [0.2, 0.25) is 0 Å². The predicted molar refractivity (Wildman–Crippen MR) is 69.7 cm³/mol. The molecule has 0 bridgehead atoms. The van der Waals surface area contributed by atoms with Gasteiger partial charge in [0.05, 0.1) is 0 Å². The van der Waals surface area contributed by atoms with Crippen LogP contribution in [-0.4, -0.2) is 37.0 Å². The Kier molecular flexibility index (Phi) is 3.69. The molecular weight excluding hydrogens is 230 g/mol. The summed E-state index contributed by atoms with van der Waals surface area (Å²) in [6.07, 6.45) is 0. The molecule has 0 N–H and O–H groups in total. The third-order valence-corrected chi connectivity index (χ3v) is 3.10. The van der Waals surface area contributed by atoms with Crippen LogP contribution < -0.4 is 4.90 Å². The molecule has 1 aromatic rings. The maximum atomic E-state index is 11.2. The van der Waals surface area contributed by atoms with Gasteiger partial charge in [0.2, 0.25) is 5.91 Å². The van der Waals surface area contributed by atoms with E-state index in [0.717, 1.165) is 31.9 Å². The summed E-state index contributed by atoms with van der Waals surface area (Å²) < 4.78 is 0. The van der Waals surface area contributed by atoms with E-state index in [2.05, 4.69) is 14.9 Å². The molecule has 6 nitrogen and oxygen atoms in total. The van der Waals surface area contributed by atoms with E-state index < -0.39 is 0 Å². The van der Waals surface area contributed by atoms with E-state index in [1.165, 1.54) is 0 Å². The Hall–Kier alpha value is -2.20. The highest BCUT2D eigenvalue weighted by atomic mass is 16.2. The van der Waals surface area contributed by atoms with Gasteiger partial charge in [0.1, 0.15) is 0 Å². The van der Waals surface area contributed by atoms with Crippen molar-refractivity contribution in [1.82, 2.24) is 4.90 Å². The minimum atomic E-state index is 0.133. The van der Waals surface area contributed by atoms with Crippen molar-refractivity contribution in [3.63, 3.8) is 0 Å². The number of piperazine rings is 1. The van der Waals surface area contributed by atoms with Crippen LogP contribution in [0.5, 0.6) is 0 Å². The molecule has 1 heterocycles. The maximum Gasteiger partial charge on any atom is 0.219 e. The highest BCUT2D eigenvalue weighted by molar-refractivity contribution is 5.73.